The molecule has 18 heavy (non-hydrogen) atoms. The van der Waals surface area contributed by atoms with Crippen molar-refractivity contribution >= 4 is 21.6 Å². The molecule has 0 saturated heterocycles. The van der Waals surface area contributed by atoms with E-state index in [9.17, 15) is 0 Å². The van der Waals surface area contributed by atoms with Crippen LogP contribution < -0.4 is 10.2 Å². The summed E-state index contributed by atoms with van der Waals surface area (Å²) in [6, 6.07) is 7.90. The first-order chi connectivity index (χ1) is 8.63. The van der Waals surface area contributed by atoms with Crippen molar-refractivity contribution in [2.24, 2.45) is 0 Å². The Balaban J connectivity index is 2.08. The SMILES string of the molecule is CCCNC(C)c1ccc(N(C)C2CC2)c(Br)c1. The summed E-state index contributed by atoms with van der Waals surface area (Å²) in [5.74, 6) is 0. The average Bonchev–Trinajstić information content (AvgIpc) is 3.19. The van der Waals surface area contributed by atoms with E-state index < -0.39 is 0 Å². The lowest BCUT2D eigenvalue weighted by Crippen LogP contribution is -2.21. The van der Waals surface area contributed by atoms with Gasteiger partial charge in [0.05, 0.1) is 5.69 Å². The van der Waals surface area contributed by atoms with E-state index in [1.165, 1.54) is 35.0 Å². The van der Waals surface area contributed by atoms with E-state index in [-0.39, 0.29) is 0 Å². The van der Waals surface area contributed by atoms with Crippen LogP contribution in [0.3, 0.4) is 0 Å². The van der Waals surface area contributed by atoms with E-state index in [2.05, 4.69) is 65.2 Å². The predicted molar refractivity (Wildman–Crippen MR) is 82.3 cm³/mol. The number of hydrogen-bond acceptors (Lipinski definition) is 2. The Morgan fingerprint density at radius 3 is 2.72 bits per heavy atom. The molecule has 0 aliphatic heterocycles. The summed E-state index contributed by atoms with van der Waals surface area (Å²) in [5.41, 5.74) is 2.66. The molecule has 1 aromatic carbocycles. The summed E-state index contributed by atoms with van der Waals surface area (Å²) in [6.07, 6.45) is 3.84. The summed E-state index contributed by atoms with van der Waals surface area (Å²) in [7, 11) is 2.19. The van der Waals surface area contributed by atoms with Crippen LogP contribution in [-0.4, -0.2) is 19.6 Å². The summed E-state index contributed by atoms with van der Waals surface area (Å²) in [5, 5.41) is 3.53. The van der Waals surface area contributed by atoms with Gasteiger partial charge in [-0.25, -0.2) is 0 Å². The van der Waals surface area contributed by atoms with Gasteiger partial charge in [-0.05, 0) is 66.4 Å². The van der Waals surface area contributed by atoms with Crippen LogP contribution in [0.5, 0.6) is 0 Å². The molecule has 1 aliphatic carbocycles. The summed E-state index contributed by atoms with van der Waals surface area (Å²) in [4.78, 5) is 2.39. The molecular formula is C15H23BrN2. The van der Waals surface area contributed by atoms with Gasteiger partial charge >= 0.3 is 0 Å². The Kier molecular flexibility index (Phi) is 4.68. The van der Waals surface area contributed by atoms with Crippen LogP contribution in [0.2, 0.25) is 0 Å². The lowest BCUT2D eigenvalue weighted by atomic mass is 10.1. The predicted octanol–water partition coefficient (Wildman–Crippen LogP) is 4.11. The first-order valence-corrected chi connectivity index (χ1v) is 7.68. The van der Waals surface area contributed by atoms with Gasteiger partial charge in [-0.1, -0.05) is 13.0 Å². The molecule has 1 aliphatic rings. The lowest BCUT2D eigenvalue weighted by Gasteiger charge is -2.22. The zero-order valence-electron chi connectivity index (χ0n) is 11.5. The highest BCUT2D eigenvalue weighted by Gasteiger charge is 2.27. The van der Waals surface area contributed by atoms with E-state index in [4.69, 9.17) is 0 Å². The van der Waals surface area contributed by atoms with Crippen LogP contribution in [0.25, 0.3) is 0 Å². The third-order valence-electron chi connectivity index (χ3n) is 3.65. The molecule has 1 N–H and O–H groups in total. The Labute approximate surface area is 119 Å². The molecule has 1 unspecified atom stereocenters. The van der Waals surface area contributed by atoms with Crippen molar-refractivity contribution in [3.05, 3.63) is 28.2 Å². The van der Waals surface area contributed by atoms with Gasteiger partial charge < -0.3 is 10.2 Å². The molecule has 0 radical (unpaired) electrons. The number of halogens is 1. The van der Waals surface area contributed by atoms with Gasteiger partial charge in [0, 0.05) is 23.6 Å². The fourth-order valence-corrected chi connectivity index (χ4v) is 2.89. The van der Waals surface area contributed by atoms with E-state index >= 15 is 0 Å². The fourth-order valence-electron chi connectivity index (χ4n) is 2.22. The minimum Gasteiger partial charge on any atom is -0.371 e. The van der Waals surface area contributed by atoms with Crippen molar-refractivity contribution in [2.45, 2.75) is 45.2 Å². The molecule has 2 rings (SSSR count). The van der Waals surface area contributed by atoms with Gasteiger partial charge in [0.2, 0.25) is 0 Å². The van der Waals surface area contributed by atoms with E-state index in [0.29, 0.717) is 6.04 Å². The number of nitrogens with one attached hydrogen (secondary N) is 1. The summed E-state index contributed by atoms with van der Waals surface area (Å²) >= 11 is 3.71. The number of rotatable bonds is 6. The highest BCUT2D eigenvalue weighted by Crippen LogP contribution is 2.35. The van der Waals surface area contributed by atoms with Crippen LogP contribution >= 0.6 is 15.9 Å². The Bertz CT molecular complexity index is 401. The third-order valence-corrected chi connectivity index (χ3v) is 4.28. The monoisotopic (exact) mass is 310 g/mol. The molecule has 0 amide bonds. The highest BCUT2D eigenvalue weighted by atomic mass is 79.9. The molecule has 0 heterocycles. The highest BCUT2D eigenvalue weighted by molar-refractivity contribution is 9.10. The second-order valence-corrected chi connectivity index (χ2v) is 6.08. The van der Waals surface area contributed by atoms with Gasteiger partial charge in [0.15, 0.2) is 0 Å². The zero-order chi connectivity index (χ0) is 13.1. The largest absolute Gasteiger partial charge is 0.371 e. The standard InChI is InChI=1S/C15H23BrN2/c1-4-9-17-11(2)12-5-8-15(14(16)10-12)18(3)13-6-7-13/h5,8,10-11,13,17H,4,6-7,9H2,1-3H3. The minimum absolute atomic E-state index is 0.418. The van der Waals surface area contributed by atoms with Crippen molar-refractivity contribution in [3.8, 4) is 0 Å². The van der Waals surface area contributed by atoms with Gasteiger partial charge in [-0.3, -0.25) is 0 Å². The molecule has 1 aromatic rings. The van der Waals surface area contributed by atoms with Crippen LogP contribution in [0.4, 0.5) is 5.69 Å². The molecule has 100 valence electrons. The topological polar surface area (TPSA) is 15.3 Å². The smallest absolute Gasteiger partial charge is 0.0510 e. The van der Waals surface area contributed by atoms with E-state index in [0.717, 1.165) is 12.6 Å². The van der Waals surface area contributed by atoms with Crippen molar-refractivity contribution in [3.63, 3.8) is 0 Å². The molecule has 2 nitrogen and oxygen atoms in total. The van der Waals surface area contributed by atoms with Crippen molar-refractivity contribution < 1.29 is 0 Å². The number of anilines is 1. The van der Waals surface area contributed by atoms with Crippen LogP contribution in [0.1, 0.15) is 44.7 Å². The lowest BCUT2D eigenvalue weighted by molar-refractivity contribution is 0.570. The molecule has 3 heteroatoms. The zero-order valence-corrected chi connectivity index (χ0v) is 13.1. The van der Waals surface area contributed by atoms with Crippen molar-refractivity contribution in [2.75, 3.05) is 18.5 Å². The first-order valence-electron chi connectivity index (χ1n) is 6.89. The second kappa shape index (κ2) is 6.07. The second-order valence-electron chi connectivity index (χ2n) is 5.23. The van der Waals surface area contributed by atoms with Crippen LogP contribution in [0.15, 0.2) is 22.7 Å². The van der Waals surface area contributed by atoms with Crippen LogP contribution in [0, 0.1) is 0 Å². The molecule has 1 atom stereocenters. The molecule has 0 bridgehead atoms. The number of benzene rings is 1. The molecular weight excluding hydrogens is 288 g/mol. The summed E-state index contributed by atoms with van der Waals surface area (Å²) in [6.45, 7) is 5.49. The maximum Gasteiger partial charge on any atom is 0.0510 e. The molecule has 0 spiro atoms. The summed E-state index contributed by atoms with van der Waals surface area (Å²) < 4.78 is 1.21. The van der Waals surface area contributed by atoms with Gasteiger partial charge in [0.1, 0.15) is 0 Å². The Hall–Kier alpha value is -0.540. The van der Waals surface area contributed by atoms with E-state index in [1.807, 2.05) is 0 Å². The van der Waals surface area contributed by atoms with Crippen LogP contribution in [-0.2, 0) is 0 Å². The molecule has 0 aromatic heterocycles. The average molecular weight is 311 g/mol. The number of hydrogen-bond donors (Lipinski definition) is 1. The fraction of sp³-hybridized carbons (Fsp3) is 0.600. The van der Waals surface area contributed by atoms with Gasteiger partial charge in [-0.2, -0.15) is 0 Å². The maximum absolute atomic E-state index is 3.71. The molecule has 1 fully saturated rings. The quantitative estimate of drug-likeness (QED) is 0.850. The Morgan fingerprint density at radius 2 is 2.17 bits per heavy atom. The van der Waals surface area contributed by atoms with E-state index in [1.54, 1.807) is 0 Å². The maximum atomic E-state index is 3.71. The normalized spacial score (nSPS) is 16.7. The third kappa shape index (κ3) is 3.27. The number of nitrogens with zero attached hydrogens (tertiary/aromatic N) is 1. The van der Waals surface area contributed by atoms with Gasteiger partial charge in [-0.15, -0.1) is 0 Å². The minimum atomic E-state index is 0.418. The van der Waals surface area contributed by atoms with Gasteiger partial charge in [0.25, 0.3) is 0 Å². The van der Waals surface area contributed by atoms with Crippen molar-refractivity contribution in [1.82, 2.24) is 5.32 Å². The molecule has 1 saturated carbocycles. The first kappa shape index (κ1) is 13.9. The van der Waals surface area contributed by atoms with Crippen molar-refractivity contribution in [1.29, 1.82) is 0 Å². The Morgan fingerprint density at radius 1 is 1.44 bits per heavy atom.